The van der Waals surface area contributed by atoms with Crippen molar-refractivity contribution in [3.63, 3.8) is 0 Å². The number of pyridine rings is 1. The fraction of sp³-hybridized carbons (Fsp3) is 0.419. The highest BCUT2D eigenvalue weighted by Gasteiger charge is 2.27. The molecule has 1 atom stereocenters. The molecular weight excluding hydrogens is 685 g/mol. The summed E-state index contributed by atoms with van der Waals surface area (Å²) in [6.45, 7) is -2.65. The Morgan fingerprint density at radius 1 is 0.979 bits per heavy atom. The van der Waals surface area contributed by atoms with Crippen molar-refractivity contribution in [2.75, 3.05) is 24.2 Å². The largest absolute Gasteiger partial charge is 0.619 e. The number of ether oxygens (including phenoxy) is 5. The molecule has 0 aliphatic heterocycles. The number of sulfonamides is 1. The van der Waals surface area contributed by atoms with E-state index in [0.29, 0.717) is 40.9 Å². The zero-order valence-electron chi connectivity index (χ0n) is 25.1. The summed E-state index contributed by atoms with van der Waals surface area (Å²) in [4.78, 5) is 13.1. The molecule has 254 valence electrons. The minimum atomic E-state index is -3.58. The Labute approximate surface area is 280 Å². The van der Waals surface area contributed by atoms with Crippen LogP contribution in [0.15, 0.2) is 48.8 Å². The molecule has 0 spiro atoms. The number of hydrogen-bond acceptors (Lipinski definition) is 9. The third-order valence-corrected chi connectivity index (χ3v) is 8.52. The first-order chi connectivity index (χ1) is 22.3. The Morgan fingerprint density at radius 3 is 2.21 bits per heavy atom. The van der Waals surface area contributed by atoms with Gasteiger partial charge in [-0.15, -0.1) is 0 Å². The average molecular weight is 718 g/mol. The van der Waals surface area contributed by atoms with Gasteiger partial charge in [-0.05, 0) is 72.9 Å². The average Bonchev–Trinajstić information content (AvgIpc) is 3.91. The number of hydrogen-bond donors (Lipinski definition) is 1. The van der Waals surface area contributed by atoms with Crippen LogP contribution in [0.1, 0.15) is 48.5 Å². The molecule has 1 aromatic heterocycles. The predicted molar refractivity (Wildman–Crippen MR) is 168 cm³/mol. The number of benzene rings is 2. The van der Waals surface area contributed by atoms with E-state index in [-0.39, 0.29) is 51.6 Å². The van der Waals surface area contributed by atoms with Crippen LogP contribution in [-0.2, 0) is 32.5 Å². The normalized spacial score (nSPS) is 15.2. The molecule has 16 heteroatoms. The van der Waals surface area contributed by atoms with Crippen molar-refractivity contribution in [2.45, 2.75) is 51.4 Å². The third-order valence-electron chi connectivity index (χ3n) is 7.28. The van der Waals surface area contributed by atoms with E-state index in [2.05, 4.69) is 9.46 Å². The molecule has 2 aromatic carbocycles. The Hall–Kier alpha value is -3.75. The highest BCUT2D eigenvalue weighted by atomic mass is 35.5. The SMILES string of the molecule is CS(=O)(=O)Nc1ccc(COC(=O)OC(Cc2c(Cl)c[n+]([O-])cc2Cl)c2ccc(OC(F)F)c(OCC3CC3)c2)cc1OCC1CC1. The van der Waals surface area contributed by atoms with E-state index in [1.807, 2.05) is 0 Å². The summed E-state index contributed by atoms with van der Waals surface area (Å²) in [5, 5.41) is 11.8. The molecule has 0 radical (unpaired) electrons. The summed E-state index contributed by atoms with van der Waals surface area (Å²) in [6, 6.07) is 8.76. The molecule has 1 N–H and O–H groups in total. The maximum atomic E-state index is 13.1. The predicted octanol–water partition coefficient (Wildman–Crippen LogP) is 6.81. The van der Waals surface area contributed by atoms with Crippen molar-refractivity contribution in [3.8, 4) is 17.2 Å². The maximum absolute atomic E-state index is 13.1. The van der Waals surface area contributed by atoms with E-state index >= 15 is 0 Å². The molecule has 3 aromatic rings. The number of carbonyl (C=O) groups excluding carboxylic acids is 1. The van der Waals surface area contributed by atoms with Crippen molar-refractivity contribution >= 4 is 45.1 Å². The second-order valence-corrected chi connectivity index (χ2v) is 14.0. The van der Waals surface area contributed by atoms with Gasteiger partial charge in [-0.1, -0.05) is 35.3 Å². The summed E-state index contributed by atoms with van der Waals surface area (Å²) < 4.78 is 80.1. The summed E-state index contributed by atoms with van der Waals surface area (Å²) >= 11 is 12.6. The molecule has 0 bridgehead atoms. The number of aromatic nitrogens is 1. The summed E-state index contributed by atoms with van der Waals surface area (Å²) in [5.41, 5.74) is 1.35. The number of carbonyl (C=O) groups is 1. The van der Waals surface area contributed by atoms with Crippen molar-refractivity contribution in [3.05, 3.63) is 80.7 Å². The Morgan fingerprint density at radius 2 is 1.62 bits per heavy atom. The van der Waals surface area contributed by atoms with Crippen molar-refractivity contribution < 1.29 is 50.4 Å². The molecular formula is C31H32Cl2F2N2O9S. The van der Waals surface area contributed by atoms with Gasteiger partial charge in [-0.3, -0.25) is 4.72 Å². The minimum absolute atomic E-state index is 0.0128. The lowest BCUT2D eigenvalue weighted by atomic mass is 10.0. The van der Waals surface area contributed by atoms with Gasteiger partial charge in [0.25, 0.3) is 0 Å². The van der Waals surface area contributed by atoms with E-state index in [1.54, 1.807) is 12.1 Å². The zero-order valence-corrected chi connectivity index (χ0v) is 27.5. The molecule has 2 fully saturated rings. The lowest BCUT2D eigenvalue weighted by Crippen LogP contribution is -2.25. The van der Waals surface area contributed by atoms with Gasteiger partial charge in [0.15, 0.2) is 23.9 Å². The van der Waals surface area contributed by atoms with Gasteiger partial charge in [0, 0.05) is 12.0 Å². The maximum Gasteiger partial charge on any atom is 0.509 e. The summed E-state index contributed by atoms with van der Waals surface area (Å²) in [5.74, 6) is 0.817. The zero-order chi connectivity index (χ0) is 33.7. The smallest absolute Gasteiger partial charge is 0.509 e. The Balaban J connectivity index is 1.35. The number of anilines is 1. The first-order valence-electron chi connectivity index (χ1n) is 14.7. The molecule has 47 heavy (non-hydrogen) atoms. The topological polar surface area (TPSA) is 136 Å². The van der Waals surface area contributed by atoms with E-state index in [0.717, 1.165) is 44.3 Å². The van der Waals surface area contributed by atoms with Crippen LogP contribution in [0.5, 0.6) is 17.2 Å². The second-order valence-electron chi connectivity index (χ2n) is 11.4. The van der Waals surface area contributed by atoms with Crippen molar-refractivity contribution in [1.29, 1.82) is 0 Å². The molecule has 0 saturated heterocycles. The molecule has 11 nitrogen and oxygen atoms in total. The van der Waals surface area contributed by atoms with Crippen LogP contribution < -0.4 is 23.7 Å². The monoisotopic (exact) mass is 716 g/mol. The van der Waals surface area contributed by atoms with Crippen LogP contribution in [0.3, 0.4) is 0 Å². The minimum Gasteiger partial charge on any atom is -0.619 e. The third kappa shape index (κ3) is 10.6. The van der Waals surface area contributed by atoms with Crippen LogP contribution in [0.4, 0.5) is 19.3 Å². The van der Waals surface area contributed by atoms with Gasteiger partial charge < -0.3 is 28.9 Å². The number of halogens is 4. The van der Waals surface area contributed by atoms with Gasteiger partial charge in [0.1, 0.15) is 28.5 Å². The fourth-order valence-electron chi connectivity index (χ4n) is 4.51. The quantitative estimate of drug-likeness (QED) is 0.0963. The van der Waals surface area contributed by atoms with Crippen LogP contribution in [0.2, 0.25) is 10.0 Å². The molecule has 2 aliphatic rings. The van der Waals surface area contributed by atoms with E-state index in [4.69, 9.17) is 42.1 Å². The van der Waals surface area contributed by atoms with Gasteiger partial charge in [-0.25, -0.2) is 13.2 Å². The fourth-order valence-corrected chi connectivity index (χ4v) is 5.67. The molecule has 1 unspecified atom stereocenters. The highest BCUT2D eigenvalue weighted by molar-refractivity contribution is 7.92. The molecule has 2 aliphatic carbocycles. The van der Waals surface area contributed by atoms with Crippen LogP contribution >= 0.6 is 23.2 Å². The first-order valence-corrected chi connectivity index (χ1v) is 17.3. The highest BCUT2D eigenvalue weighted by Crippen LogP contribution is 2.38. The van der Waals surface area contributed by atoms with Crippen LogP contribution in [0.25, 0.3) is 0 Å². The lowest BCUT2D eigenvalue weighted by Gasteiger charge is -2.21. The van der Waals surface area contributed by atoms with E-state index in [9.17, 15) is 27.2 Å². The van der Waals surface area contributed by atoms with Crippen LogP contribution in [-0.4, -0.2) is 40.7 Å². The number of rotatable bonds is 16. The van der Waals surface area contributed by atoms with E-state index < -0.39 is 28.9 Å². The van der Waals surface area contributed by atoms with Gasteiger partial charge >= 0.3 is 12.8 Å². The molecule has 0 amide bonds. The van der Waals surface area contributed by atoms with E-state index in [1.165, 1.54) is 24.3 Å². The Kier molecular flexibility index (Phi) is 11.0. The van der Waals surface area contributed by atoms with Crippen molar-refractivity contribution in [2.24, 2.45) is 11.8 Å². The van der Waals surface area contributed by atoms with Crippen molar-refractivity contribution in [1.82, 2.24) is 0 Å². The number of alkyl halides is 2. The molecule has 2 saturated carbocycles. The number of nitrogens with zero attached hydrogens (tertiary/aromatic N) is 1. The second kappa shape index (κ2) is 15.0. The molecule has 1 heterocycles. The van der Waals surface area contributed by atoms with Gasteiger partial charge in [0.2, 0.25) is 10.0 Å². The lowest BCUT2D eigenvalue weighted by molar-refractivity contribution is -0.605. The standard InChI is InChI=1S/C31H32Cl2F2N2O9S/c1-47(40,41)36-25-8-6-20(10-28(25)42-15-18-2-3-18)17-44-31(38)46-27(12-22-23(32)13-37(39)14-24(22)33)21-7-9-26(45-30(34)35)29(11-21)43-16-19-4-5-19/h6-11,13-14,18-19,27,30,36H,2-5,12,15-17H2,1H3. The summed E-state index contributed by atoms with van der Waals surface area (Å²) in [6.07, 6.45) is 4.84. The molecule has 5 rings (SSSR count). The summed E-state index contributed by atoms with van der Waals surface area (Å²) in [7, 11) is -3.58. The van der Waals surface area contributed by atoms with Gasteiger partial charge in [-0.2, -0.15) is 13.5 Å². The Bertz CT molecular complexity index is 1680. The van der Waals surface area contributed by atoms with Gasteiger partial charge in [0.05, 0.1) is 25.2 Å². The number of nitrogens with one attached hydrogen (secondary N) is 1. The first kappa shape index (κ1) is 34.6. The van der Waals surface area contributed by atoms with Crippen LogP contribution in [0, 0.1) is 17.0 Å².